The summed E-state index contributed by atoms with van der Waals surface area (Å²) in [5.74, 6) is 0.574. The van der Waals surface area contributed by atoms with Gasteiger partial charge in [0.25, 0.3) is 0 Å². The number of likely N-dealkylation sites (N-methyl/N-ethyl adjacent to an activating group) is 1. The van der Waals surface area contributed by atoms with Gasteiger partial charge in [0.15, 0.2) is 0 Å². The van der Waals surface area contributed by atoms with E-state index in [0.29, 0.717) is 12.0 Å². The Kier molecular flexibility index (Phi) is 6.56. The molecule has 1 aromatic rings. The zero-order valence-electron chi connectivity index (χ0n) is 10.9. The first-order valence-electron chi connectivity index (χ1n) is 6.06. The number of hydrogen-bond acceptors (Lipinski definition) is 2. The molecule has 0 aliphatic rings. The third kappa shape index (κ3) is 5.53. The highest BCUT2D eigenvalue weighted by molar-refractivity contribution is 6.30. The van der Waals surface area contributed by atoms with Crippen molar-refractivity contribution >= 4 is 11.6 Å². The second-order valence-corrected chi connectivity index (χ2v) is 5.05. The van der Waals surface area contributed by atoms with E-state index in [0.717, 1.165) is 24.5 Å². The monoisotopic (exact) mass is 255 g/mol. The summed E-state index contributed by atoms with van der Waals surface area (Å²) in [6.45, 7) is 3.04. The molecule has 2 nitrogen and oxygen atoms in total. The van der Waals surface area contributed by atoms with E-state index in [2.05, 4.69) is 24.4 Å². The molecular formula is C14H22ClNO. The summed E-state index contributed by atoms with van der Waals surface area (Å²) in [7, 11) is 3.77. The van der Waals surface area contributed by atoms with Crippen LogP contribution < -0.4 is 5.32 Å². The predicted octanol–water partition coefficient (Wildman–Crippen LogP) is 3.14. The highest BCUT2D eigenvalue weighted by Gasteiger charge is 2.12. The van der Waals surface area contributed by atoms with Crippen molar-refractivity contribution in [2.75, 3.05) is 20.8 Å². The number of nitrogens with one attached hydrogen (secondary N) is 1. The number of rotatable bonds is 7. The van der Waals surface area contributed by atoms with Crippen LogP contribution >= 0.6 is 11.6 Å². The average molecular weight is 256 g/mol. The Balaban J connectivity index is 2.48. The van der Waals surface area contributed by atoms with Gasteiger partial charge in [0.1, 0.15) is 0 Å². The van der Waals surface area contributed by atoms with Crippen molar-refractivity contribution in [2.45, 2.75) is 25.8 Å². The molecule has 96 valence electrons. The van der Waals surface area contributed by atoms with Gasteiger partial charge in [-0.05, 0) is 43.5 Å². The van der Waals surface area contributed by atoms with E-state index in [4.69, 9.17) is 16.3 Å². The van der Waals surface area contributed by atoms with Gasteiger partial charge >= 0.3 is 0 Å². The van der Waals surface area contributed by atoms with Gasteiger partial charge in [0.2, 0.25) is 0 Å². The zero-order chi connectivity index (χ0) is 12.7. The molecule has 2 unspecified atom stereocenters. The Morgan fingerprint density at radius 2 is 1.94 bits per heavy atom. The van der Waals surface area contributed by atoms with Gasteiger partial charge in [-0.15, -0.1) is 0 Å². The second kappa shape index (κ2) is 7.70. The SMILES string of the molecule is CNC(Cc1ccc(Cl)cc1)CC(C)COC. The molecule has 0 radical (unpaired) electrons. The lowest BCUT2D eigenvalue weighted by molar-refractivity contribution is 0.150. The van der Waals surface area contributed by atoms with Crippen LogP contribution in [0.5, 0.6) is 0 Å². The van der Waals surface area contributed by atoms with Gasteiger partial charge in [-0.25, -0.2) is 0 Å². The van der Waals surface area contributed by atoms with E-state index < -0.39 is 0 Å². The molecule has 2 atom stereocenters. The molecule has 0 aliphatic carbocycles. The Morgan fingerprint density at radius 1 is 1.29 bits per heavy atom. The van der Waals surface area contributed by atoms with Gasteiger partial charge in [0, 0.05) is 24.8 Å². The van der Waals surface area contributed by atoms with Crippen LogP contribution in [0.25, 0.3) is 0 Å². The lowest BCUT2D eigenvalue weighted by atomic mass is 9.97. The van der Waals surface area contributed by atoms with Gasteiger partial charge < -0.3 is 10.1 Å². The Bertz CT molecular complexity index is 313. The highest BCUT2D eigenvalue weighted by Crippen LogP contribution is 2.14. The molecule has 0 aromatic heterocycles. The van der Waals surface area contributed by atoms with Gasteiger partial charge in [-0.1, -0.05) is 30.7 Å². The first kappa shape index (κ1) is 14.5. The minimum Gasteiger partial charge on any atom is -0.384 e. The van der Waals surface area contributed by atoms with E-state index in [1.54, 1.807) is 7.11 Å². The molecule has 0 fully saturated rings. The lowest BCUT2D eigenvalue weighted by Gasteiger charge is -2.20. The molecule has 17 heavy (non-hydrogen) atoms. The van der Waals surface area contributed by atoms with Gasteiger partial charge in [-0.3, -0.25) is 0 Å². The van der Waals surface area contributed by atoms with Crippen LogP contribution in [0.3, 0.4) is 0 Å². The topological polar surface area (TPSA) is 21.3 Å². The first-order valence-corrected chi connectivity index (χ1v) is 6.44. The number of hydrogen-bond donors (Lipinski definition) is 1. The molecule has 0 heterocycles. The summed E-state index contributed by atoms with van der Waals surface area (Å²) >= 11 is 5.88. The van der Waals surface area contributed by atoms with Crippen LogP contribution in [0.15, 0.2) is 24.3 Å². The summed E-state index contributed by atoms with van der Waals surface area (Å²) in [6, 6.07) is 8.56. The molecule has 1 N–H and O–H groups in total. The van der Waals surface area contributed by atoms with Crippen LogP contribution in [-0.2, 0) is 11.2 Å². The zero-order valence-corrected chi connectivity index (χ0v) is 11.6. The Morgan fingerprint density at radius 3 is 2.47 bits per heavy atom. The molecule has 0 amide bonds. The van der Waals surface area contributed by atoms with Crippen LogP contribution in [0.4, 0.5) is 0 Å². The van der Waals surface area contributed by atoms with E-state index in [9.17, 15) is 0 Å². The third-order valence-electron chi connectivity index (χ3n) is 2.94. The van der Waals surface area contributed by atoms with E-state index in [-0.39, 0.29) is 0 Å². The summed E-state index contributed by atoms with van der Waals surface area (Å²) < 4.78 is 5.17. The maximum Gasteiger partial charge on any atom is 0.0488 e. The summed E-state index contributed by atoms with van der Waals surface area (Å²) in [4.78, 5) is 0. The van der Waals surface area contributed by atoms with E-state index >= 15 is 0 Å². The summed E-state index contributed by atoms with van der Waals surface area (Å²) in [5, 5.41) is 4.16. The Labute approximate surface area is 109 Å². The summed E-state index contributed by atoms with van der Waals surface area (Å²) in [5.41, 5.74) is 1.32. The minimum atomic E-state index is 0.487. The fraction of sp³-hybridized carbons (Fsp3) is 0.571. The molecule has 0 bridgehead atoms. The van der Waals surface area contributed by atoms with Crippen molar-refractivity contribution in [3.05, 3.63) is 34.9 Å². The predicted molar refractivity (Wildman–Crippen MR) is 73.7 cm³/mol. The van der Waals surface area contributed by atoms with Crippen LogP contribution in [-0.4, -0.2) is 26.8 Å². The fourth-order valence-electron chi connectivity index (χ4n) is 2.05. The molecule has 0 aliphatic heterocycles. The maximum absolute atomic E-state index is 5.88. The van der Waals surface area contributed by atoms with Gasteiger partial charge in [-0.2, -0.15) is 0 Å². The second-order valence-electron chi connectivity index (χ2n) is 4.61. The van der Waals surface area contributed by atoms with Gasteiger partial charge in [0.05, 0.1) is 0 Å². The summed E-state index contributed by atoms with van der Waals surface area (Å²) in [6.07, 6.45) is 2.15. The van der Waals surface area contributed by atoms with E-state index in [1.807, 2.05) is 19.2 Å². The molecule has 0 saturated heterocycles. The molecule has 0 saturated carbocycles. The normalized spacial score (nSPS) is 14.6. The molecule has 1 aromatic carbocycles. The van der Waals surface area contributed by atoms with Crippen LogP contribution in [0, 0.1) is 5.92 Å². The van der Waals surface area contributed by atoms with Crippen molar-refractivity contribution in [3.8, 4) is 0 Å². The average Bonchev–Trinajstić information content (AvgIpc) is 2.31. The quantitative estimate of drug-likeness (QED) is 0.808. The van der Waals surface area contributed by atoms with Crippen LogP contribution in [0.1, 0.15) is 18.9 Å². The molecular weight excluding hydrogens is 234 g/mol. The largest absolute Gasteiger partial charge is 0.384 e. The third-order valence-corrected chi connectivity index (χ3v) is 3.19. The molecule has 3 heteroatoms. The minimum absolute atomic E-state index is 0.487. The number of halogens is 1. The van der Waals surface area contributed by atoms with Crippen LogP contribution in [0.2, 0.25) is 5.02 Å². The standard InChI is InChI=1S/C14H22ClNO/c1-11(10-17-3)8-14(16-2)9-12-4-6-13(15)7-5-12/h4-7,11,14,16H,8-10H2,1-3H3. The van der Waals surface area contributed by atoms with Crippen molar-refractivity contribution in [1.29, 1.82) is 0 Å². The van der Waals surface area contributed by atoms with Crippen molar-refractivity contribution in [3.63, 3.8) is 0 Å². The first-order chi connectivity index (χ1) is 8.15. The Hall–Kier alpha value is -0.570. The number of ether oxygens (including phenoxy) is 1. The lowest BCUT2D eigenvalue weighted by Crippen LogP contribution is -2.30. The van der Waals surface area contributed by atoms with Crippen molar-refractivity contribution in [2.24, 2.45) is 5.92 Å². The molecule has 1 rings (SSSR count). The van der Waals surface area contributed by atoms with Crippen molar-refractivity contribution < 1.29 is 4.74 Å². The fourth-order valence-corrected chi connectivity index (χ4v) is 2.17. The smallest absolute Gasteiger partial charge is 0.0488 e. The maximum atomic E-state index is 5.88. The molecule has 0 spiro atoms. The number of benzene rings is 1. The van der Waals surface area contributed by atoms with E-state index in [1.165, 1.54) is 5.56 Å². The number of methoxy groups -OCH3 is 1. The van der Waals surface area contributed by atoms with Crippen molar-refractivity contribution in [1.82, 2.24) is 5.32 Å². The highest BCUT2D eigenvalue weighted by atomic mass is 35.5.